The van der Waals surface area contributed by atoms with Crippen molar-refractivity contribution in [3.05, 3.63) is 24.1 Å². The van der Waals surface area contributed by atoms with Crippen LogP contribution in [0.4, 0.5) is 10.2 Å². The lowest BCUT2D eigenvalue weighted by molar-refractivity contribution is -0.119. The first-order valence-electron chi connectivity index (χ1n) is 4.85. The first-order valence-corrected chi connectivity index (χ1v) is 4.85. The van der Waals surface area contributed by atoms with Crippen molar-refractivity contribution in [1.29, 1.82) is 0 Å². The third-order valence-corrected chi connectivity index (χ3v) is 1.75. The average molecular weight is 211 g/mol. The molecule has 1 rings (SSSR count). The first-order chi connectivity index (χ1) is 7.24. The first kappa shape index (κ1) is 11.4. The molecule has 0 fully saturated rings. The summed E-state index contributed by atoms with van der Waals surface area (Å²) in [5, 5.41) is 5.29. The monoisotopic (exact) mass is 211 g/mol. The minimum absolute atomic E-state index is 0.0356. The smallest absolute Gasteiger partial charge is 0.239 e. The van der Waals surface area contributed by atoms with Crippen LogP contribution in [0.3, 0.4) is 0 Å². The lowest BCUT2D eigenvalue weighted by Gasteiger charge is -2.06. The molecule has 1 aromatic rings. The second-order valence-electron chi connectivity index (χ2n) is 3.04. The fourth-order valence-corrected chi connectivity index (χ4v) is 1.01. The number of carbonyl (C=O) groups is 1. The highest BCUT2D eigenvalue weighted by molar-refractivity contribution is 5.80. The molecule has 0 aliphatic rings. The number of hydrogen-bond acceptors (Lipinski definition) is 3. The number of nitrogens with one attached hydrogen (secondary N) is 2. The minimum atomic E-state index is -0.458. The summed E-state index contributed by atoms with van der Waals surface area (Å²) >= 11 is 0. The predicted octanol–water partition coefficient (Wildman–Crippen LogP) is 1.16. The molecule has 1 amide bonds. The van der Waals surface area contributed by atoms with Gasteiger partial charge in [0.05, 0.1) is 6.54 Å². The molecule has 15 heavy (non-hydrogen) atoms. The molecular formula is C10H14FN3O. The van der Waals surface area contributed by atoms with E-state index in [1.54, 1.807) is 0 Å². The van der Waals surface area contributed by atoms with Crippen molar-refractivity contribution in [1.82, 2.24) is 10.3 Å². The van der Waals surface area contributed by atoms with E-state index in [2.05, 4.69) is 15.6 Å². The summed E-state index contributed by atoms with van der Waals surface area (Å²) < 4.78 is 13.0. The molecule has 1 heterocycles. The van der Waals surface area contributed by atoms with Crippen LogP contribution in [-0.4, -0.2) is 24.0 Å². The SMILES string of the molecule is CCCNC(=O)CNc1ncccc1F. The molecule has 0 aliphatic heterocycles. The second-order valence-corrected chi connectivity index (χ2v) is 3.04. The van der Waals surface area contributed by atoms with Gasteiger partial charge in [-0.1, -0.05) is 6.92 Å². The summed E-state index contributed by atoms with van der Waals surface area (Å²) in [6.07, 6.45) is 2.35. The Morgan fingerprint density at radius 2 is 2.40 bits per heavy atom. The van der Waals surface area contributed by atoms with Crippen LogP contribution in [0.15, 0.2) is 18.3 Å². The number of nitrogens with zero attached hydrogens (tertiary/aromatic N) is 1. The van der Waals surface area contributed by atoms with Gasteiger partial charge in [-0.3, -0.25) is 4.79 Å². The van der Waals surface area contributed by atoms with Gasteiger partial charge in [0.2, 0.25) is 5.91 Å². The standard InChI is InChI=1S/C10H14FN3O/c1-2-5-12-9(15)7-14-10-8(11)4-3-6-13-10/h3-4,6H,2,5,7H2,1H3,(H,12,15)(H,13,14). The van der Waals surface area contributed by atoms with Gasteiger partial charge < -0.3 is 10.6 Å². The third kappa shape index (κ3) is 3.93. The van der Waals surface area contributed by atoms with Crippen LogP contribution in [0.25, 0.3) is 0 Å². The Bertz CT molecular complexity index is 330. The molecule has 0 saturated heterocycles. The molecule has 0 bridgehead atoms. The Labute approximate surface area is 87.9 Å². The van der Waals surface area contributed by atoms with E-state index < -0.39 is 5.82 Å². The topological polar surface area (TPSA) is 54.0 Å². The number of anilines is 1. The summed E-state index contributed by atoms with van der Waals surface area (Å²) in [5.41, 5.74) is 0. The van der Waals surface area contributed by atoms with Crippen molar-refractivity contribution in [2.45, 2.75) is 13.3 Å². The zero-order chi connectivity index (χ0) is 11.1. The van der Waals surface area contributed by atoms with Gasteiger partial charge in [0.1, 0.15) is 0 Å². The normalized spacial score (nSPS) is 9.73. The number of amides is 1. The molecule has 1 aromatic heterocycles. The molecule has 0 atom stereocenters. The maximum absolute atomic E-state index is 13.0. The minimum Gasteiger partial charge on any atom is -0.359 e. The highest BCUT2D eigenvalue weighted by Gasteiger charge is 2.04. The average Bonchev–Trinajstić information content (AvgIpc) is 2.25. The zero-order valence-electron chi connectivity index (χ0n) is 8.59. The van der Waals surface area contributed by atoms with E-state index in [0.29, 0.717) is 6.54 Å². The molecule has 0 aromatic carbocycles. The fourth-order valence-electron chi connectivity index (χ4n) is 1.01. The van der Waals surface area contributed by atoms with Crippen molar-refractivity contribution in [2.24, 2.45) is 0 Å². The highest BCUT2D eigenvalue weighted by Crippen LogP contribution is 2.07. The van der Waals surface area contributed by atoms with E-state index in [1.807, 2.05) is 6.92 Å². The Balaban J connectivity index is 2.37. The molecule has 0 aliphatic carbocycles. The van der Waals surface area contributed by atoms with Gasteiger partial charge in [0.25, 0.3) is 0 Å². The van der Waals surface area contributed by atoms with Gasteiger partial charge in [0.15, 0.2) is 11.6 Å². The highest BCUT2D eigenvalue weighted by atomic mass is 19.1. The summed E-state index contributed by atoms with van der Waals surface area (Å²) in [6.45, 7) is 2.63. The van der Waals surface area contributed by atoms with Gasteiger partial charge in [-0.05, 0) is 18.6 Å². The van der Waals surface area contributed by atoms with Crippen LogP contribution in [-0.2, 0) is 4.79 Å². The van der Waals surface area contributed by atoms with Crippen LogP contribution in [0, 0.1) is 5.82 Å². The Morgan fingerprint density at radius 1 is 1.60 bits per heavy atom. The lowest BCUT2D eigenvalue weighted by atomic mass is 10.4. The van der Waals surface area contributed by atoms with Gasteiger partial charge in [-0.15, -0.1) is 0 Å². The van der Waals surface area contributed by atoms with Crippen molar-refractivity contribution in [2.75, 3.05) is 18.4 Å². The van der Waals surface area contributed by atoms with Crippen molar-refractivity contribution in [3.8, 4) is 0 Å². The van der Waals surface area contributed by atoms with Crippen LogP contribution >= 0.6 is 0 Å². The molecule has 82 valence electrons. The Kier molecular flexibility index (Phi) is 4.53. The largest absolute Gasteiger partial charge is 0.359 e. The Hall–Kier alpha value is -1.65. The molecule has 0 unspecified atom stereocenters. The number of pyridine rings is 1. The van der Waals surface area contributed by atoms with E-state index in [9.17, 15) is 9.18 Å². The molecule has 4 nitrogen and oxygen atoms in total. The lowest BCUT2D eigenvalue weighted by Crippen LogP contribution is -2.30. The summed E-state index contributed by atoms with van der Waals surface area (Å²) in [6, 6.07) is 2.79. The van der Waals surface area contributed by atoms with Crippen molar-refractivity contribution >= 4 is 11.7 Å². The van der Waals surface area contributed by atoms with E-state index >= 15 is 0 Å². The predicted molar refractivity (Wildman–Crippen MR) is 56.0 cm³/mol. The molecule has 2 N–H and O–H groups in total. The van der Waals surface area contributed by atoms with Crippen LogP contribution in [0.2, 0.25) is 0 Å². The third-order valence-electron chi connectivity index (χ3n) is 1.75. The number of aromatic nitrogens is 1. The number of halogens is 1. The maximum Gasteiger partial charge on any atom is 0.239 e. The van der Waals surface area contributed by atoms with Gasteiger partial charge in [-0.2, -0.15) is 0 Å². The summed E-state index contributed by atoms with van der Waals surface area (Å²) in [4.78, 5) is 14.9. The Morgan fingerprint density at radius 3 is 3.07 bits per heavy atom. The number of hydrogen-bond donors (Lipinski definition) is 2. The van der Waals surface area contributed by atoms with Crippen LogP contribution in [0.5, 0.6) is 0 Å². The zero-order valence-corrected chi connectivity index (χ0v) is 8.59. The van der Waals surface area contributed by atoms with E-state index in [1.165, 1.54) is 18.3 Å². The fraction of sp³-hybridized carbons (Fsp3) is 0.400. The van der Waals surface area contributed by atoms with E-state index in [-0.39, 0.29) is 18.3 Å². The van der Waals surface area contributed by atoms with Gasteiger partial charge in [-0.25, -0.2) is 9.37 Å². The van der Waals surface area contributed by atoms with Crippen molar-refractivity contribution in [3.63, 3.8) is 0 Å². The maximum atomic E-state index is 13.0. The molecular weight excluding hydrogens is 197 g/mol. The van der Waals surface area contributed by atoms with Crippen LogP contribution < -0.4 is 10.6 Å². The molecule has 0 saturated carbocycles. The van der Waals surface area contributed by atoms with Crippen molar-refractivity contribution < 1.29 is 9.18 Å². The summed E-state index contributed by atoms with van der Waals surface area (Å²) in [5.74, 6) is -0.521. The quantitative estimate of drug-likeness (QED) is 0.768. The van der Waals surface area contributed by atoms with E-state index in [0.717, 1.165) is 6.42 Å². The van der Waals surface area contributed by atoms with Gasteiger partial charge in [0, 0.05) is 12.7 Å². The molecule has 0 radical (unpaired) electrons. The number of rotatable bonds is 5. The number of carbonyl (C=O) groups excluding carboxylic acids is 1. The molecule has 0 spiro atoms. The molecule has 5 heteroatoms. The summed E-state index contributed by atoms with van der Waals surface area (Å²) in [7, 11) is 0. The van der Waals surface area contributed by atoms with Crippen LogP contribution in [0.1, 0.15) is 13.3 Å². The van der Waals surface area contributed by atoms with Gasteiger partial charge >= 0.3 is 0 Å². The van der Waals surface area contributed by atoms with E-state index in [4.69, 9.17) is 0 Å². The second kappa shape index (κ2) is 5.95.